The molecule has 2 saturated heterocycles. The number of carbonyl (C=O) groups is 4. The maximum Gasteiger partial charge on any atom is 0.328 e. The topological polar surface area (TPSA) is 122 Å². The summed E-state index contributed by atoms with van der Waals surface area (Å²) in [6, 6.07) is 3.54. The molecule has 136 valence electrons. The average Bonchev–Trinajstić information content (AvgIpc) is 3.19. The second-order valence-corrected chi connectivity index (χ2v) is 6.20. The highest BCUT2D eigenvalue weighted by Gasteiger charge is 2.48. The third-order valence-corrected chi connectivity index (χ3v) is 4.63. The van der Waals surface area contributed by atoms with Crippen molar-refractivity contribution in [2.75, 3.05) is 33.0 Å². The fraction of sp³-hybridized carbons (Fsp3) is 0.375. The first-order valence-electron chi connectivity index (χ1n) is 8.05. The highest BCUT2D eigenvalue weighted by molar-refractivity contribution is 6.07. The Morgan fingerprint density at radius 3 is 2.69 bits per heavy atom. The molecular formula is C16H16N4O6. The molecule has 4 rings (SSSR count). The van der Waals surface area contributed by atoms with E-state index in [0.717, 1.165) is 4.90 Å². The van der Waals surface area contributed by atoms with Crippen LogP contribution in [0.5, 0.6) is 11.5 Å². The molecule has 1 unspecified atom stereocenters. The summed E-state index contributed by atoms with van der Waals surface area (Å²) >= 11 is 0. The lowest BCUT2D eigenvalue weighted by molar-refractivity contribution is -0.132. The highest BCUT2D eigenvalue weighted by atomic mass is 16.7. The summed E-state index contributed by atoms with van der Waals surface area (Å²) in [5, 5.41) is 0. The predicted molar refractivity (Wildman–Crippen MR) is 85.3 cm³/mol. The zero-order valence-corrected chi connectivity index (χ0v) is 13.7. The van der Waals surface area contributed by atoms with E-state index in [4.69, 9.17) is 15.2 Å². The van der Waals surface area contributed by atoms with Gasteiger partial charge >= 0.3 is 6.03 Å². The zero-order chi connectivity index (χ0) is 18.4. The normalized spacial score (nSPS) is 21.2. The first-order chi connectivity index (χ1) is 12.5. The molecular weight excluding hydrogens is 344 g/mol. The molecule has 2 fully saturated rings. The van der Waals surface area contributed by atoms with Crippen LogP contribution >= 0.6 is 0 Å². The number of piperazine rings is 1. The summed E-state index contributed by atoms with van der Waals surface area (Å²) in [5.41, 5.74) is 5.50. The first-order valence-corrected chi connectivity index (χ1v) is 8.05. The first kappa shape index (κ1) is 16.2. The molecule has 0 spiro atoms. The van der Waals surface area contributed by atoms with Crippen LogP contribution in [0.25, 0.3) is 0 Å². The quantitative estimate of drug-likeness (QED) is 0.689. The second kappa shape index (κ2) is 5.90. The SMILES string of the molecule is NC(=O)CN1C(=O)C2CN(C(=O)c3ccc4c(c3)OCO4)CCN2C1=O. The molecule has 0 aliphatic carbocycles. The predicted octanol–water partition coefficient (Wildman–Crippen LogP) is -1.01. The Morgan fingerprint density at radius 2 is 1.92 bits per heavy atom. The van der Waals surface area contributed by atoms with Crippen LogP contribution in [0.3, 0.4) is 0 Å². The van der Waals surface area contributed by atoms with Crippen LogP contribution in [-0.4, -0.2) is 77.5 Å². The smallest absolute Gasteiger partial charge is 0.328 e. The van der Waals surface area contributed by atoms with Crippen molar-refractivity contribution in [3.8, 4) is 11.5 Å². The molecule has 10 heteroatoms. The summed E-state index contributed by atoms with van der Waals surface area (Å²) in [6.07, 6.45) is 0. The average molecular weight is 360 g/mol. The van der Waals surface area contributed by atoms with E-state index in [1.54, 1.807) is 18.2 Å². The molecule has 0 aromatic heterocycles. The van der Waals surface area contributed by atoms with Crippen molar-refractivity contribution < 1.29 is 28.7 Å². The van der Waals surface area contributed by atoms with E-state index < -0.39 is 30.4 Å². The third-order valence-electron chi connectivity index (χ3n) is 4.63. The number of carbonyl (C=O) groups excluding carboxylic acids is 4. The standard InChI is InChI=1S/C16H16N4O6/c17-13(21)7-20-15(23)10-6-18(3-4-19(10)16(20)24)14(22)9-1-2-11-12(5-9)26-8-25-11/h1-2,5,10H,3-4,6-8H2,(H2,17,21). The molecule has 3 aliphatic heterocycles. The van der Waals surface area contributed by atoms with Crippen molar-refractivity contribution in [1.29, 1.82) is 0 Å². The largest absolute Gasteiger partial charge is 0.454 e. The number of hydrogen-bond donors (Lipinski definition) is 1. The van der Waals surface area contributed by atoms with E-state index in [9.17, 15) is 19.2 Å². The van der Waals surface area contributed by atoms with E-state index in [1.165, 1.54) is 9.80 Å². The van der Waals surface area contributed by atoms with Gasteiger partial charge < -0.3 is 25.0 Å². The van der Waals surface area contributed by atoms with Gasteiger partial charge in [-0.05, 0) is 18.2 Å². The Bertz CT molecular complexity index is 825. The van der Waals surface area contributed by atoms with E-state index in [2.05, 4.69) is 0 Å². The molecule has 0 saturated carbocycles. The van der Waals surface area contributed by atoms with Crippen molar-refractivity contribution in [1.82, 2.24) is 14.7 Å². The fourth-order valence-electron chi connectivity index (χ4n) is 3.35. The Kier molecular flexibility index (Phi) is 3.67. The number of amides is 5. The van der Waals surface area contributed by atoms with Crippen molar-refractivity contribution in [3.63, 3.8) is 0 Å². The lowest BCUT2D eigenvalue weighted by Gasteiger charge is -2.35. The minimum Gasteiger partial charge on any atom is -0.454 e. The summed E-state index contributed by atoms with van der Waals surface area (Å²) in [7, 11) is 0. The second-order valence-electron chi connectivity index (χ2n) is 6.20. The minimum absolute atomic E-state index is 0.0626. The van der Waals surface area contributed by atoms with Crippen LogP contribution in [0.4, 0.5) is 4.79 Å². The molecule has 26 heavy (non-hydrogen) atoms. The summed E-state index contributed by atoms with van der Waals surface area (Å²) < 4.78 is 10.5. The van der Waals surface area contributed by atoms with Gasteiger partial charge in [-0.15, -0.1) is 0 Å². The maximum atomic E-state index is 12.8. The van der Waals surface area contributed by atoms with Crippen molar-refractivity contribution in [2.24, 2.45) is 5.73 Å². The van der Waals surface area contributed by atoms with Gasteiger partial charge in [0.05, 0.1) is 6.54 Å². The summed E-state index contributed by atoms with van der Waals surface area (Å²) in [6.45, 7) is 0.210. The number of hydrogen-bond acceptors (Lipinski definition) is 6. The number of nitrogens with zero attached hydrogens (tertiary/aromatic N) is 3. The number of primary amides is 1. The van der Waals surface area contributed by atoms with Crippen LogP contribution in [0.2, 0.25) is 0 Å². The van der Waals surface area contributed by atoms with E-state index in [0.29, 0.717) is 17.1 Å². The Balaban J connectivity index is 1.51. The Labute approximate surface area is 148 Å². The molecule has 3 heterocycles. The van der Waals surface area contributed by atoms with Crippen LogP contribution in [0.15, 0.2) is 18.2 Å². The van der Waals surface area contributed by atoms with Crippen molar-refractivity contribution in [2.45, 2.75) is 6.04 Å². The van der Waals surface area contributed by atoms with Gasteiger partial charge in [-0.2, -0.15) is 0 Å². The Hall–Kier alpha value is -3.30. The van der Waals surface area contributed by atoms with Crippen LogP contribution < -0.4 is 15.2 Å². The van der Waals surface area contributed by atoms with Crippen LogP contribution in [0, 0.1) is 0 Å². The molecule has 10 nitrogen and oxygen atoms in total. The van der Waals surface area contributed by atoms with Crippen molar-refractivity contribution in [3.05, 3.63) is 23.8 Å². The Morgan fingerprint density at radius 1 is 1.15 bits per heavy atom. The molecule has 2 N–H and O–H groups in total. The van der Waals surface area contributed by atoms with E-state index in [1.807, 2.05) is 0 Å². The number of urea groups is 1. The van der Waals surface area contributed by atoms with Crippen molar-refractivity contribution >= 4 is 23.8 Å². The zero-order valence-electron chi connectivity index (χ0n) is 13.7. The van der Waals surface area contributed by atoms with E-state index >= 15 is 0 Å². The molecule has 1 aromatic rings. The van der Waals surface area contributed by atoms with Crippen LogP contribution in [0.1, 0.15) is 10.4 Å². The maximum absolute atomic E-state index is 12.8. The van der Waals surface area contributed by atoms with Gasteiger partial charge in [-0.1, -0.05) is 0 Å². The fourth-order valence-corrected chi connectivity index (χ4v) is 3.35. The summed E-state index contributed by atoms with van der Waals surface area (Å²) in [4.78, 5) is 52.2. The van der Waals surface area contributed by atoms with Gasteiger partial charge in [0, 0.05) is 18.7 Å². The summed E-state index contributed by atoms with van der Waals surface area (Å²) in [5.74, 6) is -0.479. The molecule has 5 amide bonds. The van der Waals surface area contributed by atoms with Gasteiger partial charge in [0.25, 0.3) is 11.8 Å². The number of imide groups is 1. The molecule has 0 bridgehead atoms. The monoisotopic (exact) mass is 360 g/mol. The number of benzene rings is 1. The minimum atomic E-state index is -0.798. The lowest BCUT2D eigenvalue weighted by Crippen LogP contribution is -2.54. The number of nitrogens with two attached hydrogens (primary N) is 1. The van der Waals surface area contributed by atoms with Gasteiger partial charge in [-0.25, -0.2) is 4.79 Å². The number of rotatable bonds is 3. The number of ether oxygens (including phenoxy) is 2. The third kappa shape index (κ3) is 2.50. The van der Waals surface area contributed by atoms with Gasteiger partial charge in [0.1, 0.15) is 12.6 Å². The molecule has 1 aromatic carbocycles. The van der Waals surface area contributed by atoms with Crippen LogP contribution in [-0.2, 0) is 9.59 Å². The van der Waals surface area contributed by atoms with Gasteiger partial charge in [0.15, 0.2) is 11.5 Å². The molecule has 1 atom stereocenters. The number of fused-ring (bicyclic) bond motifs is 2. The lowest BCUT2D eigenvalue weighted by atomic mass is 10.1. The highest BCUT2D eigenvalue weighted by Crippen LogP contribution is 2.33. The van der Waals surface area contributed by atoms with Gasteiger partial charge in [0.2, 0.25) is 12.7 Å². The molecule has 0 radical (unpaired) electrons. The van der Waals surface area contributed by atoms with Gasteiger partial charge in [-0.3, -0.25) is 19.3 Å². The molecule has 3 aliphatic rings. The van der Waals surface area contributed by atoms with E-state index in [-0.39, 0.29) is 32.3 Å².